The monoisotopic (exact) mass is 293 g/mol. The molecule has 108 valence electrons. The lowest BCUT2D eigenvalue weighted by molar-refractivity contribution is 0.475. The van der Waals surface area contributed by atoms with Gasteiger partial charge in [0.25, 0.3) is 0 Å². The molecular weight excluding hydrogens is 274 g/mol. The zero-order valence-electron chi connectivity index (χ0n) is 12.3. The number of tetrazole rings is 1. The van der Waals surface area contributed by atoms with E-state index in [1.807, 2.05) is 25.1 Å². The maximum absolute atomic E-state index is 6.17. The molecule has 6 heteroatoms. The van der Waals surface area contributed by atoms with Gasteiger partial charge < -0.3 is 5.32 Å². The maximum Gasteiger partial charge on any atom is 0.173 e. The SMILES string of the molecule is Cc1ccc(-n2nnnc2C(C)NCC(C)C)cc1Cl. The minimum atomic E-state index is 0.0764. The van der Waals surface area contributed by atoms with Crippen LogP contribution >= 0.6 is 11.6 Å². The molecule has 0 spiro atoms. The van der Waals surface area contributed by atoms with Crippen LogP contribution in [0.25, 0.3) is 5.69 Å². The second-order valence-corrected chi connectivity index (χ2v) is 5.81. The fraction of sp³-hybridized carbons (Fsp3) is 0.500. The topological polar surface area (TPSA) is 55.6 Å². The molecule has 1 N–H and O–H groups in total. The molecule has 1 unspecified atom stereocenters. The second-order valence-electron chi connectivity index (χ2n) is 5.41. The summed E-state index contributed by atoms with van der Waals surface area (Å²) in [6.45, 7) is 9.29. The molecule has 0 saturated heterocycles. The van der Waals surface area contributed by atoms with E-state index in [1.165, 1.54) is 0 Å². The predicted octanol–water partition coefficient (Wildman–Crippen LogP) is 2.93. The minimum Gasteiger partial charge on any atom is -0.307 e. The van der Waals surface area contributed by atoms with E-state index in [0.717, 1.165) is 23.6 Å². The largest absolute Gasteiger partial charge is 0.307 e. The van der Waals surface area contributed by atoms with Crippen LogP contribution in [0, 0.1) is 12.8 Å². The van der Waals surface area contributed by atoms with Gasteiger partial charge in [-0.1, -0.05) is 31.5 Å². The summed E-state index contributed by atoms with van der Waals surface area (Å²) in [4.78, 5) is 0. The Hall–Kier alpha value is -1.46. The number of hydrogen-bond donors (Lipinski definition) is 1. The minimum absolute atomic E-state index is 0.0764. The van der Waals surface area contributed by atoms with Crippen LogP contribution in [0.5, 0.6) is 0 Å². The van der Waals surface area contributed by atoms with E-state index in [1.54, 1.807) is 4.68 Å². The quantitative estimate of drug-likeness (QED) is 0.921. The number of rotatable bonds is 5. The number of nitrogens with zero attached hydrogens (tertiary/aromatic N) is 4. The van der Waals surface area contributed by atoms with E-state index in [-0.39, 0.29) is 6.04 Å². The Morgan fingerprint density at radius 1 is 1.30 bits per heavy atom. The van der Waals surface area contributed by atoms with E-state index >= 15 is 0 Å². The van der Waals surface area contributed by atoms with Crippen LogP contribution in [-0.4, -0.2) is 26.8 Å². The Kier molecular flexibility index (Phi) is 4.73. The molecule has 2 aromatic rings. The van der Waals surface area contributed by atoms with E-state index in [2.05, 4.69) is 41.6 Å². The van der Waals surface area contributed by atoms with Gasteiger partial charge in [0.2, 0.25) is 0 Å². The first-order valence-corrected chi connectivity index (χ1v) is 7.15. The van der Waals surface area contributed by atoms with Crippen LogP contribution < -0.4 is 5.32 Å². The number of aromatic nitrogens is 4. The summed E-state index contributed by atoms with van der Waals surface area (Å²) in [5.41, 5.74) is 1.91. The lowest BCUT2D eigenvalue weighted by atomic mass is 10.2. The van der Waals surface area contributed by atoms with Gasteiger partial charge in [0, 0.05) is 5.02 Å². The first-order valence-electron chi connectivity index (χ1n) is 6.77. The zero-order valence-corrected chi connectivity index (χ0v) is 13.0. The smallest absolute Gasteiger partial charge is 0.173 e. The van der Waals surface area contributed by atoms with Crippen molar-refractivity contribution >= 4 is 11.6 Å². The molecule has 1 heterocycles. The number of hydrogen-bond acceptors (Lipinski definition) is 4. The van der Waals surface area contributed by atoms with Gasteiger partial charge in [-0.25, -0.2) is 0 Å². The molecule has 0 bridgehead atoms. The molecule has 1 aromatic carbocycles. The molecule has 0 saturated carbocycles. The molecule has 0 aliphatic carbocycles. The Bertz CT molecular complexity index is 579. The highest BCUT2D eigenvalue weighted by atomic mass is 35.5. The van der Waals surface area contributed by atoms with Gasteiger partial charge >= 0.3 is 0 Å². The summed E-state index contributed by atoms with van der Waals surface area (Å²) in [7, 11) is 0. The second kappa shape index (κ2) is 6.33. The van der Waals surface area contributed by atoms with Crippen LogP contribution in [-0.2, 0) is 0 Å². The van der Waals surface area contributed by atoms with Crippen LogP contribution in [0.1, 0.15) is 38.2 Å². The van der Waals surface area contributed by atoms with Gasteiger partial charge in [-0.05, 0) is 54.4 Å². The highest BCUT2D eigenvalue weighted by Crippen LogP contribution is 2.21. The van der Waals surface area contributed by atoms with Crippen LogP contribution in [0.15, 0.2) is 18.2 Å². The Labute approximate surface area is 124 Å². The Balaban J connectivity index is 2.25. The number of aryl methyl sites for hydroxylation is 1. The van der Waals surface area contributed by atoms with Crippen molar-refractivity contribution < 1.29 is 0 Å². The number of nitrogens with one attached hydrogen (secondary N) is 1. The number of benzene rings is 1. The van der Waals surface area contributed by atoms with Crippen molar-refractivity contribution in [3.05, 3.63) is 34.6 Å². The standard InChI is InChI=1S/C14H20ClN5/c1-9(2)8-16-11(4)14-17-18-19-20(14)12-6-5-10(3)13(15)7-12/h5-7,9,11,16H,8H2,1-4H3. The Morgan fingerprint density at radius 2 is 2.05 bits per heavy atom. The third-order valence-electron chi connectivity index (χ3n) is 3.11. The van der Waals surface area contributed by atoms with E-state index in [4.69, 9.17) is 11.6 Å². The van der Waals surface area contributed by atoms with Gasteiger partial charge in [-0.3, -0.25) is 0 Å². The third-order valence-corrected chi connectivity index (χ3v) is 3.52. The van der Waals surface area contributed by atoms with Crippen LogP contribution in [0.4, 0.5) is 0 Å². The van der Waals surface area contributed by atoms with E-state index in [9.17, 15) is 0 Å². The van der Waals surface area contributed by atoms with Gasteiger partial charge in [-0.15, -0.1) is 5.10 Å². The fourth-order valence-electron chi connectivity index (χ4n) is 1.87. The summed E-state index contributed by atoms with van der Waals surface area (Å²) in [6.07, 6.45) is 0. The summed E-state index contributed by atoms with van der Waals surface area (Å²) >= 11 is 6.17. The fourth-order valence-corrected chi connectivity index (χ4v) is 2.04. The molecular formula is C14H20ClN5. The average molecular weight is 294 g/mol. The third kappa shape index (κ3) is 3.35. The van der Waals surface area contributed by atoms with E-state index < -0.39 is 0 Å². The predicted molar refractivity (Wildman–Crippen MR) is 80.2 cm³/mol. The molecule has 1 atom stereocenters. The van der Waals surface area contributed by atoms with Crippen molar-refractivity contribution in [1.29, 1.82) is 0 Å². The van der Waals surface area contributed by atoms with Crippen molar-refractivity contribution in [2.24, 2.45) is 5.92 Å². The maximum atomic E-state index is 6.17. The van der Waals surface area contributed by atoms with Gasteiger partial charge in [-0.2, -0.15) is 4.68 Å². The summed E-state index contributed by atoms with van der Waals surface area (Å²) in [6, 6.07) is 5.89. The van der Waals surface area contributed by atoms with Gasteiger partial charge in [0.1, 0.15) is 0 Å². The molecule has 20 heavy (non-hydrogen) atoms. The highest BCUT2D eigenvalue weighted by Gasteiger charge is 2.16. The zero-order chi connectivity index (χ0) is 14.7. The first kappa shape index (κ1) is 14.9. The van der Waals surface area contributed by atoms with Crippen molar-refractivity contribution in [3.63, 3.8) is 0 Å². The summed E-state index contributed by atoms with van der Waals surface area (Å²) in [5, 5.41) is 16.1. The molecule has 2 rings (SSSR count). The normalized spacial score (nSPS) is 12.9. The van der Waals surface area contributed by atoms with Gasteiger partial charge in [0.15, 0.2) is 5.82 Å². The molecule has 0 fully saturated rings. The van der Waals surface area contributed by atoms with Crippen molar-refractivity contribution in [3.8, 4) is 5.69 Å². The molecule has 0 amide bonds. The van der Waals surface area contributed by atoms with Crippen molar-refractivity contribution in [1.82, 2.24) is 25.5 Å². The average Bonchev–Trinajstić information content (AvgIpc) is 2.88. The molecule has 0 radical (unpaired) electrons. The lowest BCUT2D eigenvalue weighted by Gasteiger charge is -2.15. The summed E-state index contributed by atoms with van der Waals surface area (Å²) < 4.78 is 1.73. The van der Waals surface area contributed by atoms with Crippen molar-refractivity contribution in [2.45, 2.75) is 33.7 Å². The van der Waals surface area contributed by atoms with Crippen LogP contribution in [0.2, 0.25) is 5.02 Å². The molecule has 0 aliphatic rings. The van der Waals surface area contributed by atoms with E-state index in [0.29, 0.717) is 10.9 Å². The lowest BCUT2D eigenvalue weighted by Crippen LogP contribution is -2.25. The number of halogens is 1. The molecule has 0 aliphatic heterocycles. The Morgan fingerprint density at radius 3 is 2.70 bits per heavy atom. The first-order chi connectivity index (χ1) is 9.49. The van der Waals surface area contributed by atoms with Gasteiger partial charge in [0.05, 0.1) is 11.7 Å². The molecule has 1 aromatic heterocycles. The summed E-state index contributed by atoms with van der Waals surface area (Å²) in [5.74, 6) is 1.36. The molecule has 5 nitrogen and oxygen atoms in total. The van der Waals surface area contributed by atoms with Crippen LogP contribution in [0.3, 0.4) is 0 Å². The van der Waals surface area contributed by atoms with Crippen molar-refractivity contribution in [2.75, 3.05) is 6.54 Å². The highest BCUT2D eigenvalue weighted by molar-refractivity contribution is 6.31.